The van der Waals surface area contributed by atoms with Crippen molar-refractivity contribution in [1.82, 2.24) is 15.3 Å². The van der Waals surface area contributed by atoms with Crippen molar-refractivity contribution < 1.29 is 9.53 Å². The Morgan fingerprint density at radius 2 is 2.32 bits per heavy atom. The molecule has 0 aliphatic rings. The first-order chi connectivity index (χ1) is 9.11. The molecular formula is C13H16N4O2. The Bertz CT molecular complexity index is 566. The molecule has 4 N–H and O–H groups in total. The van der Waals surface area contributed by atoms with E-state index in [0.29, 0.717) is 22.8 Å². The Hall–Kier alpha value is -2.50. The number of nitrogens with two attached hydrogens (primary N) is 1. The zero-order valence-electron chi connectivity index (χ0n) is 10.8. The Morgan fingerprint density at radius 3 is 2.95 bits per heavy atom. The maximum Gasteiger partial charge on any atom is 0.251 e. The van der Waals surface area contributed by atoms with E-state index in [9.17, 15) is 4.79 Å². The summed E-state index contributed by atoms with van der Waals surface area (Å²) in [6, 6.07) is 4.71. The van der Waals surface area contributed by atoms with Gasteiger partial charge < -0.3 is 20.8 Å². The molecule has 100 valence electrons. The van der Waals surface area contributed by atoms with E-state index in [0.717, 1.165) is 0 Å². The number of benzene rings is 1. The first kappa shape index (κ1) is 12.9. The van der Waals surface area contributed by atoms with Crippen molar-refractivity contribution in [2.45, 2.75) is 13.0 Å². The van der Waals surface area contributed by atoms with Crippen LogP contribution in [0.1, 0.15) is 29.1 Å². The zero-order chi connectivity index (χ0) is 13.8. The van der Waals surface area contributed by atoms with E-state index >= 15 is 0 Å². The van der Waals surface area contributed by atoms with Crippen molar-refractivity contribution in [3.8, 4) is 5.75 Å². The van der Waals surface area contributed by atoms with Crippen LogP contribution in [-0.2, 0) is 0 Å². The van der Waals surface area contributed by atoms with Crippen LogP contribution in [0.3, 0.4) is 0 Å². The summed E-state index contributed by atoms with van der Waals surface area (Å²) >= 11 is 0. The van der Waals surface area contributed by atoms with Crippen LogP contribution in [-0.4, -0.2) is 23.0 Å². The molecule has 0 bridgehead atoms. The molecule has 0 saturated heterocycles. The fourth-order valence-corrected chi connectivity index (χ4v) is 1.72. The van der Waals surface area contributed by atoms with Crippen LogP contribution in [0, 0.1) is 0 Å². The van der Waals surface area contributed by atoms with E-state index < -0.39 is 0 Å². The zero-order valence-corrected chi connectivity index (χ0v) is 10.8. The average molecular weight is 260 g/mol. The highest BCUT2D eigenvalue weighted by Crippen LogP contribution is 2.22. The highest BCUT2D eigenvalue weighted by Gasteiger charge is 2.14. The van der Waals surface area contributed by atoms with E-state index in [-0.39, 0.29) is 11.9 Å². The van der Waals surface area contributed by atoms with Gasteiger partial charge in [0.05, 0.1) is 18.8 Å². The maximum absolute atomic E-state index is 12.1. The van der Waals surface area contributed by atoms with Gasteiger partial charge in [0.2, 0.25) is 0 Å². The highest BCUT2D eigenvalue weighted by atomic mass is 16.5. The molecule has 6 heteroatoms. The minimum Gasteiger partial charge on any atom is -0.495 e. The summed E-state index contributed by atoms with van der Waals surface area (Å²) in [6.07, 6.45) is 3.36. The van der Waals surface area contributed by atoms with E-state index in [1.165, 1.54) is 7.11 Å². The summed E-state index contributed by atoms with van der Waals surface area (Å²) in [4.78, 5) is 19.1. The summed E-state index contributed by atoms with van der Waals surface area (Å²) in [5.41, 5.74) is 6.70. The number of aromatic nitrogens is 2. The molecule has 1 atom stereocenters. The molecule has 6 nitrogen and oxygen atoms in total. The SMILES string of the molecule is COc1cc(C(=O)NC(C)c2ncc[nH]2)ccc1N. The molecule has 2 aromatic rings. The van der Waals surface area contributed by atoms with Crippen molar-refractivity contribution in [3.05, 3.63) is 42.0 Å². The number of carbonyl (C=O) groups excluding carboxylic acids is 1. The van der Waals surface area contributed by atoms with Gasteiger partial charge in [0.25, 0.3) is 5.91 Å². The van der Waals surface area contributed by atoms with Gasteiger partial charge in [0.1, 0.15) is 11.6 Å². The lowest BCUT2D eigenvalue weighted by molar-refractivity contribution is 0.0938. The Balaban J connectivity index is 2.12. The number of anilines is 1. The van der Waals surface area contributed by atoms with Crippen LogP contribution in [0.5, 0.6) is 5.75 Å². The van der Waals surface area contributed by atoms with Crippen LogP contribution in [0.15, 0.2) is 30.6 Å². The smallest absolute Gasteiger partial charge is 0.251 e. The summed E-state index contributed by atoms with van der Waals surface area (Å²) in [7, 11) is 1.51. The number of carbonyl (C=O) groups is 1. The molecule has 1 heterocycles. The molecule has 19 heavy (non-hydrogen) atoms. The van der Waals surface area contributed by atoms with Crippen LogP contribution in [0.4, 0.5) is 5.69 Å². The number of amides is 1. The third-order valence-corrected chi connectivity index (χ3v) is 2.77. The largest absolute Gasteiger partial charge is 0.495 e. The minimum absolute atomic E-state index is 0.203. The molecule has 1 unspecified atom stereocenters. The Labute approximate surface area is 111 Å². The van der Waals surface area contributed by atoms with Gasteiger partial charge in [0.15, 0.2) is 0 Å². The molecule has 1 aromatic carbocycles. The second kappa shape index (κ2) is 5.43. The van der Waals surface area contributed by atoms with E-state index in [1.54, 1.807) is 30.6 Å². The number of rotatable bonds is 4. The van der Waals surface area contributed by atoms with Crippen LogP contribution >= 0.6 is 0 Å². The number of nitrogens with one attached hydrogen (secondary N) is 2. The number of hydrogen-bond acceptors (Lipinski definition) is 4. The number of H-pyrrole nitrogens is 1. The minimum atomic E-state index is -0.206. The van der Waals surface area contributed by atoms with Crippen molar-refractivity contribution in [3.63, 3.8) is 0 Å². The number of ether oxygens (including phenoxy) is 1. The highest BCUT2D eigenvalue weighted by molar-refractivity contribution is 5.95. The molecule has 0 aliphatic heterocycles. The van der Waals surface area contributed by atoms with Crippen molar-refractivity contribution in [1.29, 1.82) is 0 Å². The van der Waals surface area contributed by atoms with Gasteiger partial charge in [-0.3, -0.25) is 4.79 Å². The lowest BCUT2D eigenvalue weighted by atomic mass is 10.1. The summed E-state index contributed by atoms with van der Waals surface area (Å²) in [5, 5.41) is 2.84. The summed E-state index contributed by atoms with van der Waals surface area (Å²) in [6.45, 7) is 1.85. The number of nitrogen functional groups attached to an aromatic ring is 1. The van der Waals surface area contributed by atoms with Crippen LogP contribution in [0.2, 0.25) is 0 Å². The molecule has 1 amide bonds. The van der Waals surface area contributed by atoms with E-state index in [2.05, 4.69) is 15.3 Å². The number of aromatic amines is 1. The predicted molar refractivity (Wildman–Crippen MR) is 71.9 cm³/mol. The van der Waals surface area contributed by atoms with Gasteiger partial charge in [-0.1, -0.05) is 0 Å². The third kappa shape index (κ3) is 2.85. The van der Waals surface area contributed by atoms with Gasteiger partial charge in [-0.15, -0.1) is 0 Å². The third-order valence-electron chi connectivity index (χ3n) is 2.77. The van der Waals surface area contributed by atoms with Gasteiger partial charge in [-0.25, -0.2) is 4.98 Å². The molecular weight excluding hydrogens is 244 g/mol. The Morgan fingerprint density at radius 1 is 1.53 bits per heavy atom. The summed E-state index contributed by atoms with van der Waals surface area (Å²) in [5.74, 6) is 0.983. The van der Waals surface area contributed by atoms with Crippen molar-refractivity contribution >= 4 is 11.6 Å². The quantitative estimate of drug-likeness (QED) is 0.726. The lowest BCUT2D eigenvalue weighted by Crippen LogP contribution is -2.27. The molecule has 0 radical (unpaired) electrons. The molecule has 0 saturated carbocycles. The molecule has 0 spiro atoms. The maximum atomic E-state index is 12.1. The lowest BCUT2D eigenvalue weighted by Gasteiger charge is -2.12. The summed E-state index contributed by atoms with van der Waals surface area (Å²) < 4.78 is 5.09. The Kier molecular flexibility index (Phi) is 3.70. The number of nitrogens with zero attached hydrogens (tertiary/aromatic N) is 1. The normalized spacial score (nSPS) is 11.9. The fraction of sp³-hybridized carbons (Fsp3) is 0.231. The van der Waals surface area contributed by atoms with Gasteiger partial charge in [-0.2, -0.15) is 0 Å². The van der Waals surface area contributed by atoms with Crippen molar-refractivity contribution in [2.24, 2.45) is 0 Å². The molecule has 1 aromatic heterocycles. The first-order valence-electron chi connectivity index (χ1n) is 5.85. The molecule has 0 aliphatic carbocycles. The van der Waals surface area contributed by atoms with Crippen LogP contribution in [0.25, 0.3) is 0 Å². The van der Waals surface area contributed by atoms with Gasteiger partial charge in [0, 0.05) is 18.0 Å². The second-order valence-corrected chi connectivity index (χ2v) is 4.13. The monoisotopic (exact) mass is 260 g/mol. The number of imidazole rings is 1. The standard InChI is InChI=1S/C13H16N4O2/c1-8(12-15-5-6-16-12)17-13(18)9-3-4-10(14)11(7-9)19-2/h3-8H,14H2,1-2H3,(H,15,16)(H,17,18). The first-order valence-corrected chi connectivity index (χ1v) is 5.85. The van der Waals surface area contributed by atoms with Crippen LogP contribution < -0.4 is 15.8 Å². The fourth-order valence-electron chi connectivity index (χ4n) is 1.72. The van der Waals surface area contributed by atoms with Gasteiger partial charge in [-0.05, 0) is 25.1 Å². The van der Waals surface area contributed by atoms with Crippen molar-refractivity contribution in [2.75, 3.05) is 12.8 Å². The van der Waals surface area contributed by atoms with Gasteiger partial charge >= 0.3 is 0 Å². The van der Waals surface area contributed by atoms with E-state index in [1.807, 2.05) is 6.92 Å². The molecule has 0 fully saturated rings. The average Bonchev–Trinajstić information content (AvgIpc) is 2.93. The topological polar surface area (TPSA) is 93.0 Å². The number of hydrogen-bond donors (Lipinski definition) is 3. The van der Waals surface area contributed by atoms with E-state index in [4.69, 9.17) is 10.5 Å². The molecule has 2 rings (SSSR count). The second-order valence-electron chi connectivity index (χ2n) is 4.13. The predicted octanol–water partition coefficient (Wildman–Crippen LogP) is 1.49. The number of methoxy groups -OCH3 is 1.